The van der Waals surface area contributed by atoms with Crippen LogP contribution in [0.4, 0.5) is 0 Å². The Bertz CT molecular complexity index is 770. The zero-order valence-electron chi connectivity index (χ0n) is 13.5. The summed E-state index contributed by atoms with van der Waals surface area (Å²) in [6, 6.07) is 2.40. The summed E-state index contributed by atoms with van der Waals surface area (Å²) in [5.41, 5.74) is 5.09. The van der Waals surface area contributed by atoms with Crippen molar-refractivity contribution in [2.75, 3.05) is 0 Å². The summed E-state index contributed by atoms with van der Waals surface area (Å²) < 4.78 is 9.44. The van der Waals surface area contributed by atoms with Gasteiger partial charge in [-0.25, -0.2) is 4.98 Å². The minimum atomic E-state index is 0.370. The SMILES string of the molecule is CC(C)n1nc(Cn2ccnc2)c2c1CN(Cc1ccoc1)C2. The molecule has 3 aromatic rings. The van der Waals surface area contributed by atoms with E-state index in [9.17, 15) is 0 Å². The molecule has 0 amide bonds. The highest BCUT2D eigenvalue weighted by molar-refractivity contribution is 5.31. The second kappa shape index (κ2) is 5.70. The first-order chi connectivity index (χ1) is 11.2. The molecule has 1 aliphatic rings. The molecule has 4 rings (SSSR count). The van der Waals surface area contributed by atoms with Crippen molar-refractivity contribution < 1.29 is 4.42 Å². The van der Waals surface area contributed by atoms with E-state index in [1.54, 1.807) is 6.26 Å². The van der Waals surface area contributed by atoms with Crippen LogP contribution in [0, 0.1) is 0 Å². The van der Waals surface area contributed by atoms with E-state index < -0.39 is 0 Å². The largest absolute Gasteiger partial charge is 0.472 e. The fourth-order valence-corrected chi connectivity index (χ4v) is 3.26. The molecule has 3 aromatic heterocycles. The molecule has 0 bridgehead atoms. The molecule has 0 aromatic carbocycles. The molecule has 0 saturated carbocycles. The van der Waals surface area contributed by atoms with Crippen molar-refractivity contribution in [2.45, 2.75) is 46.1 Å². The maximum atomic E-state index is 5.18. The zero-order valence-corrected chi connectivity index (χ0v) is 13.5. The van der Waals surface area contributed by atoms with E-state index in [-0.39, 0.29) is 0 Å². The first kappa shape index (κ1) is 14.3. The summed E-state index contributed by atoms with van der Waals surface area (Å²) in [5, 5.41) is 4.86. The van der Waals surface area contributed by atoms with Crippen LogP contribution in [-0.2, 0) is 26.2 Å². The minimum absolute atomic E-state index is 0.370. The van der Waals surface area contributed by atoms with Crippen LogP contribution in [0.3, 0.4) is 0 Å². The van der Waals surface area contributed by atoms with E-state index in [4.69, 9.17) is 9.52 Å². The third kappa shape index (κ3) is 2.70. The first-order valence-corrected chi connectivity index (χ1v) is 7.99. The van der Waals surface area contributed by atoms with Gasteiger partial charge in [0, 0.05) is 49.2 Å². The number of nitrogens with zero attached hydrogens (tertiary/aromatic N) is 5. The number of imidazole rings is 1. The van der Waals surface area contributed by atoms with Crippen molar-refractivity contribution in [3.8, 4) is 0 Å². The molecule has 6 heteroatoms. The van der Waals surface area contributed by atoms with Crippen molar-refractivity contribution >= 4 is 0 Å². The van der Waals surface area contributed by atoms with Crippen molar-refractivity contribution in [3.05, 3.63) is 59.8 Å². The predicted octanol–water partition coefficient (Wildman–Crippen LogP) is 2.82. The topological polar surface area (TPSA) is 52.0 Å². The fourth-order valence-electron chi connectivity index (χ4n) is 3.26. The summed E-state index contributed by atoms with van der Waals surface area (Å²) >= 11 is 0. The van der Waals surface area contributed by atoms with Crippen LogP contribution in [0.1, 0.15) is 42.4 Å². The number of hydrogen-bond acceptors (Lipinski definition) is 4. The molecular weight excluding hydrogens is 290 g/mol. The molecule has 0 radical (unpaired) electrons. The van der Waals surface area contributed by atoms with E-state index in [0.29, 0.717) is 6.04 Å². The van der Waals surface area contributed by atoms with Crippen molar-refractivity contribution in [1.29, 1.82) is 0 Å². The van der Waals surface area contributed by atoms with Crippen LogP contribution >= 0.6 is 0 Å². The van der Waals surface area contributed by atoms with E-state index >= 15 is 0 Å². The number of hydrogen-bond donors (Lipinski definition) is 0. The monoisotopic (exact) mass is 311 g/mol. The van der Waals surface area contributed by atoms with Gasteiger partial charge >= 0.3 is 0 Å². The smallest absolute Gasteiger partial charge is 0.0949 e. The summed E-state index contributed by atoms with van der Waals surface area (Å²) in [4.78, 5) is 6.56. The van der Waals surface area contributed by atoms with Gasteiger partial charge in [0.2, 0.25) is 0 Å². The number of rotatable bonds is 5. The van der Waals surface area contributed by atoms with Gasteiger partial charge in [0.15, 0.2) is 0 Å². The van der Waals surface area contributed by atoms with Gasteiger partial charge in [-0.2, -0.15) is 5.10 Å². The van der Waals surface area contributed by atoms with Crippen molar-refractivity contribution in [3.63, 3.8) is 0 Å². The van der Waals surface area contributed by atoms with Gasteiger partial charge in [0.25, 0.3) is 0 Å². The van der Waals surface area contributed by atoms with Gasteiger partial charge in [-0.3, -0.25) is 9.58 Å². The lowest BCUT2D eigenvalue weighted by Crippen LogP contribution is -2.18. The Morgan fingerprint density at radius 3 is 2.87 bits per heavy atom. The maximum absolute atomic E-state index is 5.18. The number of furan rings is 1. The molecule has 0 aliphatic carbocycles. The van der Waals surface area contributed by atoms with Crippen LogP contribution in [0.2, 0.25) is 0 Å². The molecule has 0 atom stereocenters. The van der Waals surface area contributed by atoms with E-state index in [2.05, 4.69) is 33.0 Å². The van der Waals surface area contributed by atoms with E-state index in [1.807, 2.05) is 31.1 Å². The summed E-state index contributed by atoms with van der Waals surface area (Å²) in [6.45, 7) is 7.95. The molecule has 120 valence electrons. The van der Waals surface area contributed by atoms with Crippen molar-refractivity contribution in [1.82, 2.24) is 24.2 Å². The maximum Gasteiger partial charge on any atom is 0.0949 e. The van der Waals surface area contributed by atoms with Crippen LogP contribution in [0.15, 0.2) is 41.7 Å². The molecule has 23 heavy (non-hydrogen) atoms. The van der Waals surface area contributed by atoms with Gasteiger partial charge in [-0.05, 0) is 19.9 Å². The van der Waals surface area contributed by atoms with Crippen LogP contribution in [0.25, 0.3) is 0 Å². The standard InChI is InChI=1S/C17H21N5O/c1-13(2)22-17-10-21(7-14-3-6-23-11-14)8-15(17)16(19-22)9-20-5-4-18-12-20/h3-6,11-13H,7-10H2,1-2H3. The molecule has 0 saturated heterocycles. The molecule has 0 N–H and O–H groups in total. The van der Waals surface area contributed by atoms with E-state index in [1.165, 1.54) is 16.8 Å². The molecule has 0 spiro atoms. The number of aromatic nitrogens is 4. The van der Waals surface area contributed by atoms with Gasteiger partial charge in [0.05, 0.1) is 36.8 Å². The fraction of sp³-hybridized carbons (Fsp3) is 0.412. The Morgan fingerprint density at radius 2 is 2.17 bits per heavy atom. The Hall–Kier alpha value is -2.34. The number of fused-ring (bicyclic) bond motifs is 1. The quantitative estimate of drug-likeness (QED) is 0.727. The van der Waals surface area contributed by atoms with Gasteiger partial charge in [0.1, 0.15) is 0 Å². The normalized spacial score (nSPS) is 14.7. The average molecular weight is 311 g/mol. The lowest BCUT2D eigenvalue weighted by molar-refractivity contribution is 0.264. The summed E-state index contributed by atoms with van der Waals surface area (Å²) in [7, 11) is 0. The highest BCUT2D eigenvalue weighted by Gasteiger charge is 2.28. The lowest BCUT2D eigenvalue weighted by Gasteiger charge is -2.16. The van der Waals surface area contributed by atoms with Gasteiger partial charge < -0.3 is 8.98 Å². The summed E-state index contributed by atoms with van der Waals surface area (Å²) in [6.07, 6.45) is 9.20. The van der Waals surface area contributed by atoms with Crippen LogP contribution in [-0.4, -0.2) is 24.2 Å². The Morgan fingerprint density at radius 1 is 1.26 bits per heavy atom. The molecular formula is C17H21N5O. The third-order valence-electron chi connectivity index (χ3n) is 4.32. The molecule has 0 unspecified atom stereocenters. The molecule has 6 nitrogen and oxygen atoms in total. The zero-order chi connectivity index (χ0) is 15.8. The summed E-state index contributed by atoms with van der Waals surface area (Å²) in [5.74, 6) is 0. The van der Waals surface area contributed by atoms with Gasteiger partial charge in [-0.15, -0.1) is 0 Å². The lowest BCUT2D eigenvalue weighted by atomic mass is 10.2. The molecule has 1 aliphatic heterocycles. The Kier molecular flexibility index (Phi) is 3.53. The average Bonchev–Trinajstić information content (AvgIpc) is 3.26. The third-order valence-corrected chi connectivity index (χ3v) is 4.32. The van der Waals surface area contributed by atoms with Crippen LogP contribution < -0.4 is 0 Å². The highest BCUT2D eigenvalue weighted by atomic mass is 16.3. The van der Waals surface area contributed by atoms with Crippen LogP contribution in [0.5, 0.6) is 0 Å². The minimum Gasteiger partial charge on any atom is -0.472 e. The Balaban J connectivity index is 1.60. The molecule has 0 fully saturated rings. The van der Waals surface area contributed by atoms with Gasteiger partial charge in [-0.1, -0.05) is 0 Å². The second-order valence-electron chi connectivity index (χ2n) is 6.42. The highest BCUT2D eigenvalue weighted by Crippen LogP contribution is 2.29. The second-order valence-corrected chi connectivity index (χ2v) is 6.42. The predicted molar refractivity (Wildman–Crippen MR) is 85.6 cm³/mol. The van der Waals surface area contributed by atoms with E-state index in [0.717, 1.165) is 31.9 Å². The first-order valence-electron chi connectivity index (χ1n) is 7.99. The Labute approximate surface area is 135 Å². The molecule has 4 heterocycles. The van der Waals surface area contributed by atoms with Crippen molar-refractivity contribution in [2.24, 2.45) is 0 Å².